The highest BCUT2D eigenvalue weighted by atomic mass is 32.1. The van der Waals surface area contributed by atoms with Crippen molar-refractivity contribution >= 4 is 44.9 Å². The Kier molecular flexibility index (Phi) is 5.22. The summed E-state index contributed by atoms with van der Waals surface area (Å²) in [4.78, 5) is 15.4. The van der Waals surface area contributed by atoms with E-state index >= 15 is 4.39 Å². The molecule has 3 heterocycles. The van der Waals surface area contributed by atoms with Crippen LogP contribution in [0.4, 0.5) is 10.1 Å². The van der Waals surface area contributed by atoms with Crippen LogP contribution in [-0.4, -0.2) is 47.4 Å². The number of anilines is 1. The number of hydrogen-bond donors (Lipinski definition) is 3. The van der Waals surface area contributed by atoms with Crippen LogP contribution in [0.5, 0.6) is 0 Å². The summed E-state index contributed by atoms with van der Waals surface area (Å²) in [6.45, 7) is 3.68. The first-order valence-corrected chi connectivity index (χ1v) is 10.6. The highest BCUT2D eigenvalue weighted by molar-refractivity contribution is 7.21. The summed E-state index contributed by atoms with van der Waals surface area (Å²) in [5.41, 5.74) is 8.72. The molecule has 160 valence electrons. The molecule has 31 heavy (non-hydrogen) atoms. The molecule has 4 N–H and O–H groups in total. The molecule has 1 aliphatic rings. The predicted molar refractivity (Wildman–Crippen MR) is 122 cm³/mol. The smallest absolute Gasteiger partial charge is 0.266 e. The normalized spacial score (nSPS) is 15.6. The van der Waals surface area contributed by atoms with Crippen molar-refractivity contribution in [2.24, 2.45) is 0 Å². The Labute approximate surface area is 183 Å². The number of nitrogen functional groups attached to an aromatic ring is 1. The first-order chi connectivity index (χ1) is 14.8. The Morgan fingerprint density at radius 2 is 1.97 bits per heavy atom. The Balaban J connectivity index is 1.53. The van der Waals surface area contributed by atoms with Gasteiger partial charge in [0, 0.05) is 30.4 Å². The molecule has 2 aromatic heterocycles. The van der Waals surface area contributed by atoms with E-state index in [0.29, 0.717) is 26.5 Å². The van der Waals surface area contributed by atoms with Crippen molar-refractivity contribution in [2.45, 2.75) is 19.5 Å². The maximum Gasteiger partial charge on any atom is 0.266 e. The number of aryl methyl sites for hydroxylation is 2. The maximum absolute atomic E-state index is 15.4. The topological polar surface area (TPSA) is 108 Å². The number of aromatic nitrogens is 2. The van der Waals surface area contributed by atoms with Crippen LogP contribution >= 0.6 is 11.3 Å². The van der Waals surface area contributed by atoms with Gasteiger partial charge in [0.15, 0.2) is 5.67 Å². The van der Waals surface area contributed by atoms with Crippen molar-refractivity contribution in [3.63, 3.8) is 0 Å². The van der Waals surface area contributed by atoms with Gasteiger partial charge in [-0.3, -0.25) is 4.79 Å². The van der Waals surface area contributed by atoms with Crippen LogP contribution in [0.25, 0.3) is 15.8 Å². The molecule has 9 heteroatoms. The second-order valence-electron chi connectivity index (χ2n) is 7.67. The molecule has 1 aliphatic heterocycles. The van der Waals surface area contributed by atoms with Gasteiger partial charge in [0.05, 0.1) is 24.5 Å². The lowest BCUT2D eigenvalue weighted by Crippen LogP contribution is -2.58. The fourth-order valence-corrected chi connectivity index (χ4v) is 4.82. The molecular weight excluding hydrogens is 415 g/mol. The third-order valence-electron chi connectivity index (χ3n) is 5.69. The van der Waals surface area contributed by atoms with Crippen molar-refractivity contribution in [1.82, 2.24) is 20.4 Å². The minimum atomic E-state index is -1.61. The summed E-state index contributed by atoms with van der Waals surface area (Å²) in [6, 6.07) is 6.98. The van der Waals surface area contributed by atoms with E-state index in [4.69, 9.17) is 11.1 Å². The number of hydrogen-bond acceptors (Lipinski definition) is 7. The van der Waals surface area contributed by atoms with Gasteiger partial charge < -0.3 is 21.4 Å². The number of allylic oxidation sites excluding steroid dienone is 1. The fraction of sp³-hybridized carbons (Fsp3) is 0.273. The number of fused-ring (bicyclic) bond motifs is 1. The van der Waals surface area contributed by atoms with Gasteiger partial charge in [0.2, 0.25) is 0 Å². The van der Waals surface area contributed by atoms with Gasteiger partial charge in [-0.05, 0) is 30.5 Å². The monoisotopic (exact) mass is 438 g/mol. The second-order valence-corrected chi connectivity index (χ2v) is 8.67. The molecule has 0 unspecified atom stereocenters. The Bertz CT molecular complexity index is 1210. The first kappa shape index (κ1) is 20.9. The molecule has 0 saturated carbocycles. The predicted octanol–water partition coefficient (Wildman–Crippen LogP) is 3.42. The van der Waals surface area contributed by atoms with E-state index in [0.717, 1.165) is 22.2 Å². The van der Waals surface area contributed by atoms with Crippen LogP contribution in [0.3, 0.4) is 0 Å². The minimum absolute atomic E-state index is 0.0354. The van der Waals surface area contributed by atoms with E-state index in [1.54, 1.807) is 37.5 Å². The summed E-state index contributed by atoms with van der Waals surface area (Å²) < 4.78 is 15.4. The zero-order chi connectivity index (χ0) is 22.3. The van der Waals surface area contributed by atoms with Gasteiger partial charge >= 0.3 is 0 Å². The number of carbonyl (C=O) groups excluding carboxylic acids is 1. The summed E-state index contributed by atoms with van der Waals surface area (Å²) in [6.07, 6.45) is 2.95. The number of benzene rings is 1. The van der Waals surface area contributed by atoms with E-state index < -0.39 is 5.67 Å². The van der Waals surface area contributed by atoms with Crippen molar-refractivity contribution < 1.29 is 9.18 Å². The van der Waals surface area contributed by atoms with Crippen molar-refractivity contribution in [3.05, 3.63) is 57.7 Å². The summed E-state index contributed by atoms with van der Waals surface area (Å²) >= 11 is 1.20. The van der Waals surface area contributed by atoms with Crippen molar-refractivity contribution in [1.29, 1.82) is 5.41 Å². The third-order valence-corrected chi connectivity index (χ3v) is 6.77. The molecule has 1 amide bonds. The number of nitrogens with one attached hydrogen (secondary N) is 2. The van der Waals surface area contributed by atoms with Crippen molar-refractivity contribution in [2.75, 3.05) is 25.9 Å². The van der Waals surface area contributed by atoms with Crippen LogP contribution < -0.4 is 11.1 Å². The number of thiophene rings is 1. The number of halogens is 1. The number of likely N-dealkylation sites (tertiary alicyclic amines) is 1. The minimum Gasteiger partial charge on any atom is -0.397 e. The average molecular weight is 439 g/mol. The van der Waals surface area contributed by atoms with Crippen LogP contribution in [0.2, 0.25) is 0 Å². The lowest BCUT2D eigenvalue weighted by molar-refractivity contribution is -0.0227. The fourth-order valence-electron chi connectivity index (χ4n) is 3.75. The van der Waals surface area contributed by atoms with E-state index in [1.165, 1.54) is 22.5 Å². The number of amides is 1. The van der Waals surface area contributed by atoms with Gasteiger partial charge in [-0.15, -0.1) is 16.4 Å². The molecule has 0 spiro atoms. The maximum atomic E-state index is 15.4. The Morgan fingerprint density at radius 1 is 1.29 bits per heavy atom. The lowest BCUT2D eigenvalue weighted by atomic mass is 9.87. The summed E-state index contributed by atoms with van der Waals surface area (Å²) in [5, 5.41) is 19.4. The quantitative estimate of drug-likeness (QED) is 0.529. The van der Waals surface area contributed by atoms with E-state index in [9.17, 15) is 4.79 Å². The molecule has 0 aliphatic carbocycles. The third kappa shape index (κ3) is 3.44. The summed E-state index contributed by atoms with van der Waals surface area (Å²) in [5.74, 6) is -0.287. The molecule has 0 atom stereocenters. The first-order valence-electron chi connectivity index (χ1n) is 9.78. The largest absolute Gasteiger partial charge is 0.397 e. The second kappa shape index (κ2) is 7.73. The molecule has 1 fully saturated rings. The van der Waals surface area contributed by atoms with Gasteiger partial charge in [-0.2, -0.15) is 5.10 Å². The Morgan fingerprint density at radius 3 is 2.58 bits per heavy atom. The number of nitrogens with two attached hydrogens (primary N) is 1. The zero-order valence-corrected chi connectivity index (χ0v) is 18.3. The van der Waals surface area contributed by atoms with Gasteiger partial charge in [-0.25, -0.2) is 4.39 Å². The molecule has 1 aromatic carbocycles. The molecule has 0 bridgehead atoms. The highest BCUT2D eigenvalue weighted by Gasteiger charge is 2.48. The van der Waals surface area contributed by atoms with Crippen LogP contribution in [-0.2, 0) is 5.67 Å². The van der Waals surface area contributed by atoms with Gasteiger partial charge in [0.25, 0.3) is 5.91 Å². The zero-order valence-electron chi connectivity index (χ0n) is 17.5. The van der Waals surface area contributed by atoms with Crippen molar-refractivity contribution in [3.8, 4) is 0 Å². The van der Waals surface area contributed by atoms with E-state index in [-0.39, 0.29) is 19.0 Å². The van der Waals surface area contributed by atoms with Gasteiger partial charge in [-0.1, -0.05) is 24.3 Å². The Hall–Kier alpha value is -3.33. The number of carbonyl (C=O) groups is 1. The molecule has 4 rings (SSSR count). The summed E-state index contributed by atoms with van der Waals surface area (Å²) in [7, 11) is 1.76. The van der Waals surface area contributed by atoms with Gasteiger partial charge in [0.1, 0.15) is 9.71 Å². The van der Waals surface area contributed by atoms with Crippen LogP contribution in [0, 0.1) is 19.3 Å². The number of rotatable bonds is 5. The van der Waals surface area contributed by atoms with Crippen LogP contribution in [0.1, 0.15) is 32.1 Å². The number of nitrogens with zero attached hydrogens (tertiary/aromatic N) is 3. The molecule has 0 radical (unpaired) electrons. The van der Waals surface area contributed by atoms with E-state index in [2.05, 4.69) is 15.5 Å². The highest BCUT2D eigenvalue weighted by Crippen LogP contribution is 2.41. The lowest BCUT2D eigenvalue weighted by Gasteiger charge is -2.44. The molecular formula is C22H23FN6OS. The molecule has 3 aromatic rings. The van der Waals surface area contributed by atoms with Crippen LogP contribution in [0.15, 0.2) is 30.5 Å². The SMILES string of the molecule is CN/C=C(\C=N)c1ccc(C2(F)CN(C(=O)c3sc4nnc(C)c(C)c4c3N)C2)cc1. The standard InChI is InChI=1S/C22H23FN6OS/c1-12-13(2)27-28-20-17(12)18(25)19(31-20)21(30)29-10-22(23,11-29)16-6-4-14(5-7-16)15(8-24)9-26-3/h4-9,24,26H,10-11,25H2,1-3H3/b15-9+,24-8?. The molecule has 1 saturated heterocycles. The molecule has 7 nitrogen and oxygen atoms in total. The average Bonchev–Trinajstić information content (AvgIpc) is 3.09. The number of alkyl halides is 1. The van der Waals surface area contributed by atoms with E-state index in [1.807, 2.05) is 13.8 Å².